The maximum Gasteiger partial charge on any atom is 0.413 e. The van der Waals surface area contributed by atoms with Gasteiger partial charge in [-0.1, -0.05) is 0 Å². The number of rotatable bonds is 4. The number of benzene rings is 1. The van der Waals surface area contributed by atoms with E-state index in [4.69, 9.17) is 14.2 Å². The van der Waals surface area contributed by atoms with E-state index in [1.54, 1.807) is 34.7 Å². The number of pyridine rings is 2. The van der Waals surface area contributed by atoms with Gasteiger partial charge in [-0.2, -0.15) is 0 Å². The number of carbonyl (C=O) groups excluding carboxylic acids is 3. The van der Waals surface area contributed by atoms with Gasteiger partial charge in [0.15, 0.2) is 5.82 Å². The van der Waals surface area contributed by atoms with Gasteiger partial charge >= 0.3 is 18.3 Å². The number of hydrogen-bond donors (Lipinski definition) is 3. The molecule has 0 saturated carbocycles. The van der Waals surface area contributed by atoms with E-state index in [2.05, 4.69) is 20.6 Å². The molecule has 1 atom stereocenters. The molecule has 0 radical (unpaired) electrons. The van der Waals surface area contributed by atoms with Crippen molar-refractivity contribution in [3.8, 4) is 17.0 Å². The van der Waals surface area contributed by atoms with Gasteiger partial charge in [0.2, 0.25) is 11.8 Å². The minimum absolute atomic E-state index is 0.00749. The Kier molecular flexibility index (Phi) is 8.36. The highest BCUT2D eigenvalue weighted by molar-refractivity contribution is 6.05. The van der Waals surface area contributed by atoms with Crippen LogP contribution in [0.25, 0.3) is 21.9 Å². The van der Waals surface area contributed by atoms with E-state index < -0.39 is 35.8 Å². The maximum absolute atomic E-state index is 16.4. The predicted molar refractivity (Wildman–Crippen MR) is 161 cm³/mol. The molecule has 3 N–H and O–H groups in total. The molecule has 2 aromatic heterocycles. The lowest BCUT2D eigenvalue weighted by atomic mass is 9.96. The van der Waals surface area contributed by atoms with E-state index in [0.29, 0.717) is 17.4 Å². The average Bonchev–Trinajstić information content (AvgIpc) is 2.95. The molecule has 0 spiro atoms. The Bertz CT molecular complexity index is 1710. The Morgan fingerprint density at radius 3 is 2.56 bits per heavy atom. The quantitative estimate of drug-likeness (QED) is 0.353. The normalized spacial score (nSPS) is 16.5. The van der Waals surface area contributed by atoms with E-state index in [0.717, 1.165) is 4.90 Å². The summed E-state index contributed by atoms with van der Waals surface area (Å²) < 4.78 is 32.8. The number of anilines is 3. The molecule has 4 heterocycles. The summed E-state index contributed by atoms with van der Waals surface area (Å²) in [4.78, 5) is 60.2. The minimum atomic E-state index is -1.21. The number of hydrogen-bond acceptors (Lipinski definition) is 9. The lowest BCUT2D eigenvalue weighted by Gasteiger charge is -2.29. The summed E-state index contributed by atoms with van der Waals surface area (Å²) in [6.07, 6.45) is -0.0965. The number of ether oxygens (including phenoxy) is 3. The van der Waals surface area contributed by atoms with E-state index in [1.807, 2.05) is 0 Å². The summed E-state index contributed by atoms with van der Waals surface area (Å²) in [6.45, 7) is 7.05. The summed E-state index contributed by atoms with van der Waals surface area (Å²) in [7, 11) is 1.63. The number of nitrogens with zero attached hydrogens (tertiary/aromatic N) is 4. The molecule has 0 aliphatic carbocycles. The van der Waals surface area contributed by atoms with Gasteiger partial charge in [-0.3, -0.25) is 20.3 Å². The van der Waals surface area contributed by atoms with Gasteiger partial charge in [-0.05, 0) is 57.2 Å². The summed E-state index contributed by atoms with van der Waals surface area (Å²) in [6, 6.07) is 2.96. The van der Waals surface area contributed by atoms with Crippen molar-refractivity contribution in [1.29, 1.82) is 0 Å². The van der Waals surface area contributed by atoms with Gasteiger partial charge in [0.05, 0.1) is 18.8 Å². The van der Waals surface area contributed by atoms with Crippen LogP contribution >= 0.6 is 0 Å². The summed E-state index contributed by atoms with van der Waals surface area (Å²) >= 11 is 0. The molecule has 5 rings (SSSR count). The number of nitrogens with one attached hydrogen (secondary N) is 2. The van der Waals surface area contributed by atoms with Crippen molar-refractivity contribution in [2.75, 3.05) is 42.3 Å². The van der Waals surface area contributed by atoms with Crippen LogP contribution in [0.3, 0.4) is 0 Å². The summed E-state index contributed by atoms with van der Waals surface area (Å²) in [5.41, 5.74) is -0.302. The van der Waals surface area contributed by atoms with Gasteiger partial charge in [-0.25, -0.2) is 28.7 Å². The number of likely N-dealkylation sites (tertiary alicyclic amines) is 1. The molecule has 3 aromatic rings. The van der Waals surface area contributed by atoms with Crippen LogP contribution in [0, 0.1) is 12.7 Å². The van der Waals surface area contributed by atoms with Crippen LogP contribution in [0.4, 0.5) is 36.0 Å². The largest absolute Gasteiger partial charge is 0.474 e. The first-order valence-corrected chi connectivity index (χ1v) is 14.2. The molecule has 1 unspecified atom stereocenters. The Hall–Kier alpha value is -5.21. The monoisotopic (exact) mass is 624 g/mol. The number of carbonyl (C=O) groups is 4. The number of aromatic nitrogens is 2. The standard InChI is InChI=1S/C30H33FN6O8/c1-15-19(12-33-26-25(15)37(29(41)42)8-9-43-26)18-10-16-11-21(34-27(39)44-17-6-7-22(38)36(5)14-17)32-13-20(16)24(23(18)31)35-28(40)45-30(2,3)4/h10-13,17H,6-9,14H2,1-5H3,(H,35,40)(H,41,42)(H,32,34,39). The number of likely N-dealkylation sites (N-methyl/N-ethyl adjacent to an activating group) is 1. The average molecular weight is 625 g/mol. The molecule has 45 heavy (non-hydrogen) atoms. The van der Waals surface area contributed by atoms with Crippen LogP contribution < -0.4 is 20.3 Å². The van der Waals surface area contributed by atoms with Crippen molar-refractivity contribution in [2.24, 2.45) is 0 Å². The fourth-order valence-corrected chi connectivity index (χ4v) is 5.22. The molecule has 0 bridgehead atoms. The zero-order valence-corrected chi connectivity index (χ0v) is 25.4. The number of piperidine rings is 1. The zero-order chi connectivity index (χ0) is 32.6. The molecule has 1 fully saturated rings. The van der Waals surface area contributed by atoms with E-state index in [9.17, 15) is 24.3 Å². The first-order chi connectivity index (χ1) is 21.2. The lowest BCUT2D eigenvalue weighted by molar-refractivity contribution is -0.134. The summed E-state index contributed by atoms with van der Waals surface area (Å²) in [5.74, 6) is -0.687. The predicted octanol–water partition coefficient (Wildman–Crippen LogP) is 5.14. The van der Waals surface area contributed by atoms with E-state index >= 15 is 4.39 Å². The van der Waals surface area contributed by atoms with Crippen LogP contribution in [0.15, 0.2) is 24.5 Å². The molecule has 1 aromatic carbocycles. The van der Waals surface area contributed by atoms with Crippen molar-refractivity contribution < 1.29 is 42.9 Å². The number of carboxylic acid groups (broad SMARTS) is 1. The molecule has 2 aliphatic rings. The molecule has 14 nitrogen and oxygen atoms in total. The molecular weight excluding hydrogens is 591 g/mol. The van der Waals surface area contributed by atoms with Gasteiger partial charge < -0.3 is 24.2 Å². The van der Waals surface area contributed by atoms with Crippen LogP contribution in [-0.4, -0.2) is 82.6 Å². The third-order valence-corrected chi connectivity index (χ3v) is 7.29. The van der Waals surface area contributed by atoms with Crippen molar-refractivity contribution in [1.82, 2.24) is 14.9 Å². The number of halogens is 1. The molecule has 15 heteroatoms. The third-order valence-electron chi connectivity index (χ3n) is 7.29. The highest BCUT2D eigenvalue weighted by Crippen LogP contribution is 2.42. The van der Waals surface area contributed by atoms with Gasteiger partial charge in [0.1, 0.15) is 29.8 Å². The summed E-state index contributed by atoms with van der Waals surface area (Å²) in [5, 5.41) is 15.4. The van der Waals surface area contributed by atoms with Crippen LogP contribution in [0.1, 0.15) is 39.2 Å². The highest BCUT2D eigenvalue weighted by atomic mass is 19.1. The highest BCUT2D eigenvalue weighted by Gasteiger charge is 2.30. The van der Waals surface area contributed by atoms with Gasteiger partial charge in [-0.15, -0.1) is 0 Å². The third kappa shape index (κ3) is 6.66. The van der Waals surface area contributed by atoms with Crippen molar-refractivity contribution in [2.45, 2.75) is 52.2 Å². The lowest BCUT2D eigenvalue weighted by Crippen LogP contribution is -2.42. The molecule has 4 amide bonds. The Labute approximate surface area is 257 Å². The first-order valence-electron chi connectivity index (χ1n) is 14.2. The van der Waals surface area contributed by atoms with Crippen molar-refractivity contribution in [3.63, 3.8) is 0 Å². The van der Waals surface area contributed by atoms with Crippen molar-refractivity contribution >= 4 is 52.2 Å². The van der Waals surface area contributed by atoms with Crippen LogP contribution in [-0.2, 0) is 14.3 Å². The minimum Gasteiger partial charge on any atom is -0.474 e. The van der Waals surface area contributed by atoms with E-state index in [-0.39, 0.29) is 71.6 Å². The number of fused-ring (bicyclic) bond motifs is 2. The molecule has 1 saturated heterocycles. The zero-order valence-electron chi connectivity index (χ0n) is 25.4. The second-order valence-electron chi connectivity index (χ2n) is 11.7. The van der Waals surface area contributed by atoms with Crippen LogP contribution in [0.5, 0.6) is 5.88 Å². The molecular formula is C30H33FN6O8. The fraction of sp³-hybridized carbons (Fsp3) is 0.400. The van der Waals surface area contributed by atoms with Gasteiger partial charge in [0, 0.05) is 42.4 Å². The second-order valence-corrected chi connectivity index (χ2v) is 11.7. The number of amides is 4. The van der Waals surface area contributed by atoms with Crippen LogP contribution in [0.2, 0.25) is 0 Å². The topological polar surface area (TPSA) is 173 Å². The Balaban J connectivity index is 1.55. The fourth-order valence-electron chi connectivity index (χ4n) is 5.22. The van der Waals surface area contributed by atoms with Gasteiger partial charge in [0.25, 0.3) is 0 Å². The second kappa shape index (κ2) is 12.1. The molecule has 238 valence electrons. The van der Waals surface area contributed by atoms with Crippen molar-refractivity contribution in [3.05, 3.63) is 35.9 Å². The Morgan fingerprint density at radius 1 is 1.11 bits per heavy atom. The molecule has 2 aliphatic heterocycles. The SMILES string of the molecule is Cc1c(-c2cc3cc(NC(=O)OC4CCC(=O)N(C)C4)ncc3c(NC(=O)OC(C)(C)C)c2F)cnc2c1N(C(=O)O)CCO2. The maximum atomic E-state index is 16.4. The smallest absolute Gasteiger partial charge is 0.413 e. The first kappa shape index (κ1) is 31.2. The van der Waals surface area contributed by atoms with E-state index in [1.165, 1.54) is 29.4 Å². The Morgan fingerprint density at radius 2 is 1.87 bits per heavy atom.